The number of hydrogen-bond donors (Lipinski definition) is 2. The first-order valence-corrected chi connectivity index (χ1v) is 7.71. The number of carbonyl (C=O) groups is 1. The summed E-state index contributed by atoms with van der Waals surface area (Å²) in [6.45, 7) is 0.762. The number of piperazine rings is 1. The number of para-hydroxylation sites is 1. The molecule has 1 saturated heterocycles. The van der Waals surface area contributed by atoms with Gasteiger partial charge in [-0.05, 0) is 12.1 Å². The molecule has 1 unspecified atom stereocenters. The Morgan fingerprint density at radius 3 is 2.67 bits per heavy atom. The van der Waals surface area contributed by atoms with E-state index < -0.39 is 32.5 Å². The Morgan fingerprint density at radius 1 is 1.38 bits per heavy atom. The number of sulfone groups is 1. The highest BCUT2D eigenvalue weighted by molar-refractivity contribution is 7.91. The second kappa shape index (κ2) is 5.94. The van der Waals surface area contributed by atoms with Gasteiger partial charge in [0.15, 0.2) is 0 Å². The number of nitrogens with zero attached hydrogens (tertiary/aromatic N) is 1. The Kier molecular flexibility index (Phi) is 4.43. The van der Waals surface area contributed by atoms with Gasteiger partial charge in [-0.1, -0.05) is 12.1 Å². The predicted molar refractivity (Wildman–Crippen MR) is 71.3 cm³/mol. The van der Waals surface area contributed by atoms with E-state index >= 15 is 0 Å². The molecule has 116 valence electrons. The highest BCUT2D eigenvalue weighted by atomic mass is 32.2. The van der Waals surface area contributed by atoms with E-state index in [1.165, 1.54) is 23.1 Å². The fourth-order valence-electron chi connectivity index (χ4n) is 2.24. The third-order valence-corrected chi connectivity index (χ3v) is 4.67. The molecule has 0 aromatic heterocycles. The summed E-state index contributed by atoms with van der Waals surface area (Å²) >= 11 is 0. The maximum absolute atomic E-state index is 12.8. The van der Waals surface area contributed by atoms with Crippen LogP contribution in [0.4, 0.5) is 14.5 Å². The lowest BCUT2D eigenvalue weighted by atomic mass is 10.1. The normalized spacial score (nSPS) is 19.8. The van der Waals surface area contributed by atoms with Crippen molar-refractivity contribution in [2.24, 2.45) is 0 Å². The van der Waals surface area contributed by atoms with Crippen LogP contribution in [-0.4, -0.2) is 50.9 Å². The summed E-state index contributed by atoms with van der Waals surface area (Å²) in [5, 5.41) is 12.1. The number of carboxylic acids is 1. The molecule has 6 nitrogen and oxygen atoms in total. The van der Waals surface area contributed by atoms with Crippen LogP contribution in [-0.2, 0) is 14.6 Å². The van der Waals surface area contributed by atoms with Crippen molar-refractivity contribution in [1.82, 2.24) is 5.32 Å². The van der Waals surface area contributed by atoms with E-state index in [1.54, 1.807) is 0 Å². The molecule has 0 aliphatic carbocycles. The maximum Gasteiger partial charge on any atom is 0.341 e. The topological polar surface area (TPSA) is 86.7 Å². The molecule has 1 aromatic carbocycles. The highest BCUT2D eigenvalue weighted by Gasteiger charge is 2.35. The number of benzene rings is 1. The molecule has 2 N–H and O–H groups in total. The Morgan fingerprint density at radius 2 is 2.05 bits per heavy atom. The lowest BCUT2D eigenvalue weighted by Crippen LogP contribution is -2.55. The summed E-state index contributed by atoms with van der Waals surface area (Å²) in [7, 11) is -4.79. The van der Waals surface area contributed by atoms with Gasteiger partial charge in [0.05, 0.1) is 10.6 Å². The molecule has 2 rings (SSSR count). The summed E-state index contributed by atoms with van der Waals surface area (Å²) in [6, 6.07) is 4.22. The van der Waals surface area contributed by atoms with Gasteiger partial charge >= 0.3 is 11.7 Å². The molecule has 1 heterocycles. The highest BCUT2D eigenvalue weighted by Crippen LogP contribution is 2.30. The monoisotopic (exact) mass is 320 g/mol. The van der Waals surface area contributed by atoms with Gasteiger partial charge in [0, 0.05) is 19.6 Å². The van der Waals surface area contributed by atoms with Crippen LogP contribution in [0, 0.1) is 0 Å². The van der Waals surface area contributed by atoms with Crippen LogP contribution in [0.5, 0.6) is 0 Å². The van der Waals surface area contributed by atoms with Crippen molar-refractivity contribution in [1.29, 1.82) is 0 Å². The van der Waals surface area contributed by atoms with Crippen molar-refractivity contribution >= 4 is 21.5 Å². The molecule has 0 spiro atoms. The van der Waals surface area contributed by atoms with Gasteiger partial charge in [0.1, 0.15) is 6.04 Å². The van der Waals surface area contributed by atoms with Gasteiger partial charge in [0.25, 0.3) is 0 Å². The van der Waals surface area contributed by atoms with Crippen molar-refractivity contribution in [3.8, 4) is 0 Å². The van der Waals surface area contributed by atoms with Crippen LogP contribution in [0.1, 0.15) is 0 Å². The summed E-state index contributed by atoms with van der Waals surface area (Å²) in [5.74, 6) is -4.70. The first-order valence-electron chi connectivity index (χ1n) is 6.17. The quantitative estimate of drug-likeness (QED) is 0.842. The van der Waals surface area contributed by atoms with Crippen LogP contribution in [0.15, 0.2) is 29.2 Å². The second-order valence-corrected chi connectivity index (χ2v) is 6.41. The number of rotatable bonds is 4. The number of alkyl halides is 2. The van der Waals surface area contributed by atoms with E-state index in [0.29, 0.717) is 6.54 Å². The van der Waals surface area contributed by atoms with Gasteiger partial charge in [-0.2, -0.15) is 8.78 Å². The second-order valence-electron chi connectivity index (χ2n) is 4.52. The number of carboxylic acid groups (broad SMARTS) is 1. The van der Waals surface area contributed by atoms with E-state index in [0.717, 1.165) is 6.07 Å². The number of hydrogen-bond acceptors (Lipinski definition) is 5. The van der Waals surface area contributed by atoms with Gasteiger partial charge < -0.3 is 15.3 Å². The molecular formula is C12H14F2N2O4S. The molecule has 0 bridgehead atoms. The standard InChI is InChI=1S/C12H14F2N2O4S/c13-12(14)21(19,20)10-4-2-1-3-8(10)16-6-5-15-7-9(16)11(17)18/h1-4,9,12,15H,5-7H2,(H,17,18). The molecule has 0 radical (unpaired) electrons. The lowest BCUT2D eigenvalue weighted by Gasteiger charge is -2.36. The van der Waals surface area contributed by atoms with Crippen molar-refractivity contribution in [2.75, 3.05) is 24.5 Å². The van der Waals surface area contributed by atoms with E-state index in [1.807, 2.05) is 0 Å². The molecule has 1 fully saturated rings. The van der Waals surface area contributed by atoms with Crippen LogP contribution in [0.25, 0.3) is 0 Å². The Hall–Kier alpha value is -1.74. The van der Waals surface area contributed by atoms with Crippen LogP contribution in [0.3, 0.4) is 0 Å². The van der Waals surface area contributed by atoms with Crippen LogP contribution >= 0.6 is 0 Å². The summed E-state index contributed by atoms with van der Waals surface area (Å²) in [4.78, 5) is 12.0. The zero-order chi connectivity index (χ0) is 15.6. The molecule has 1 aromatic rings. The minimum atomic E-state index is -4.79. The Bertz CT molecular complexity index is 636. The predicted octanol–water partition coefficient (Wildman–Crippen LogP) is 0.546. The van der Waals surface area contributed by atoms with Crippen LogP contribution < -0.4 is 10.2 Å². The third kappa shape index (κ3) is 2.98. The van der Waals surface area contributed by atoms with Crippen LogP contribution in [0.2, 0.25) is 0 Å². The fraction of sp³-hybridized carbons (Fsp3) is 0.417. The Labute approximate surface area is 120 Å². The van der Waals surface area contributed by atoms with Crippen molar-refractivity contribution < 1.29 is 27.1 Å². The fourth-order valence-corrected chi connectivity index (χ4v) is 3.18. The average Bonchev–Trinajstić information content (AvgIpc) is 2.47. The van der Waals surface area contributed by atoms with Gasteiger partial charge in [-0.25, -0.2) is 13.2 Å². The minimum Gasteiger partial charge on any atom is -0.480 e. The summed E-state index contributed by atoms with van der Waals surface area (Å²) < 4.78 is 49.0. The summed E-state index contributed by atoms with van der Waals surface area (Å²) in [6.07, 6.45) is 0. The smallest absolute Gasteiger partial charge is 0.341 e. The third-order valence-electron chi connectivity index (χ3n) is 3.24. The van der Waals surface area contributed by atoms with Crippen molar-refractivity contribution in [3.63, 3.8) is 0 Å². The molecule has 1 atom stereocenters. The number of aliphatic carboxylic acids is 1. The average molecular weight is 320 g/mol. The van der Waals surface area contributed by atoms with Crippen molar-refractivity contribution in [2.45, 2.75) is 16.7 Å². The number of anilines is 1. The molecule has 21 heavy (non-hydrogen) atoms. The molecule has 0 saturated carbocycles. The zero-order valence-electron chi connectivity index (χ0n) is 10.9. The molecule has 1 aliphatic rings. The van der Waals surface area contributed by atoms with Gasteiger partial charge in [-0.15, -0.1) is 0 Å². The maximum atomic E-state index is 12.8. The SMILES string of the molecule is O=C(O)C1CNCCN1c1ccccc1S(=O)(=O)C(F)F. The molecule has 0 amide bonds. The van der Waals surface area contributed by atoms with E-state index in [2.05, 4.69) is 5.32 Å². The number of nitrogens with one attached hydrogen (secondary N) is 1. The lowest BCUT2D eigenvalue weighted by molar-refractivity contribution is -0.138. The van der Waals surface area contributed by atoms with Gasteiger partial charge in [-0.3, -0.25) is 0 Å². The summed E-state index contributed by atoms with van der Waals surface area (Å²) in [5.41, 5.74) is -0.00769. The largest absolute Gasteiger partial charge is 0.480 e. The number of halogens is 2. The van der Waals surface area contributed by atoms with E-state index in [9.17, 15) is 27.1 Å². The van der Waals surface area contributed by atoms with E-state index in [-0.39, 0.29) is 18.8 Å². The van der Waals surface area contributed by atoms with Crippen molar-refractivity contribution in [3.05, 3.63) is 24.3 Å². The van der Waals surface area contributed by atoms with E-state index in [4.69, 9.17) is 0 Å². The zero-order valence-corrected chi connectivity index (χ0v) is 11.7. The molecule has 9 heteroatoms. The molecule has 1 aliphatic heterocycles. The molecular weight excluding hydrogens is 306 g/mol. The first-order chi connectivity index (χ1) is 9.85. The minimum absolute atomic E-state index is 0.00769. The first kappa shape index (κ1) is 15.6. The van der Waals surface area contributed by atoms with Gasteiger partial charge in [0.2, 0.25) is 9.84 Å². The Balaban J connectivity index is 2.51.